The first-order valence-electron chi connectivity index (χ1n) is 11.4. The molecular formula is C26H29N5O3. The zero-order chi connectivity index (χ0) is 24.1. The van der Waals surface area contributed by atoms with Gasteiger partial charge in [-0.15, -0.1) is 0 Å². The van der Waals surface area contributed by atoms with Gasteiger partial charge in [0.1, 0.15) is 0 Å². The van der Waals surface area contributed by atoms with Crippen LogP contribution in [0.2, 0.25) is 0 Å². The van der Waals surface area contributed by atoms with Crippen molar-refractivity contribution in [3.05, 3.63) is 82.7 Å². The fraction of sp³-hybridized carbons (Fsp3) is 0.308. The maximum absolute atomic E-state index is 12.9. The Labute approximate surface area is 199 Å². The fourth-order valence-electron chi connectivity index (χ4n) is 4.07. The summed E-state index contributed by atoms with van der Waals surface area (Å²) in [5.74, 6) is -0.557. The van der Waals surface area contributed by atoms with Gasteiger partial charge in [-0.1, -0.05) is 48.0 Å². The molecule has 8 nitrogen and oxygen atoms in total. The van der Waals surface area contributed by atoms with Crippen LogP contribution in [-0.4, -0.2) is 38.9 Å². The fourth-order valence-corrected chi connectivity index (χ4v) is 4.07. The summed E-state index contributed by atoms with van der Waals surface area (Å²) in [5.41, 5.74) is 4.92. The molecule has 176 valence electrons. The number of carbonyl (C=O) groups excluding carboxylic acids is 3. The lowest BCUT2D eigenvalue weighted by Gasteiger charge is -2.27. The van der Waals surface area contributed by atoms with Crippen molar-refractivity contribution in [2.24, 2.45) is 7.05 Å². The Kier molecular flexibility index (Phi) is 7.06. The van der Waals surface area contributed by atoms with Crippen LogP contribution < -0.4 is 10.6 Å². The molecule has 34 heavy (non-hydrogen) atoms. The van der Waals surface area contributed by atoms with Gasteiger partial charge >= 0.3 is 0 Å². The second-order valence-corrected chi connectivity index (χ2v) is 8.55. The molecule has 0 atom stereocenters. The number of carbonyl (C=O) groups is 3. The number of hydrogen-bond acceptors (Lipinski definition) is 4. The molecule has 2 aromatic carbocycles. The lowest BCUT2D eigenvalue weighted by Crippen LogP contribution is -2.37. The Morgan fingerprint density at radius 1 is 1.00 bits per heavy atom. The Bertz CT molecular complexity index is 1190. The molecule has 3 aromatic rings. The topological polar surface area (TPSA) is 96.3 Å². The number of nitrogens with zero attached hydrogens (tertiary/aromatic N) is 3. The molecule has 0 bridgehead atoms. The van der Waals surface area contributed by atoms with Crippen molar-refractivity contribution in [2.75, 3.05) is 11.9 Å². The molecule has 4 rings (SSSR count). The monoisotopic (exact) mass is 459 g/mol. The lowest BCUT2D eigenvalue weighted by atomic mass is 10.0. The molecule has 0 saturated carbocycles. The van der Waals surface area contributed by atoms with Gasteiger partial charge in [-0.05, 0) is 24.6 Å². The quantitative estimate of drug-likeness (QED) is 0.568. The molecule has 1 aliphatic heterocycles. The summed E-state index contributed by atoms with van der Waals surface area (Å²) in [6.45, 7) is 3.30. The number of aryl methyl sites for hydroxylation is 2. The van der Waals surface area contributed by atoms with E-state index in [9.17, 15) is 14.4 Å². The van der Waals surface area contributed by atoms with Gasteiger partial charge in [0.05, 0.1) is 0 Å². The third kappa shape index (κ3) is 5.51. The summed E-state index contributed by atoms with van der Waals surface area (Å²) in [6.07, 6.45) is 0.867. The zero-order valence-electron chi connectivity index (χ0n) is 19.5. The van der Waals surface area contributed by atoms with Crippen LogP contribution in [-0.2, 0) is 36.1 Å². The van der Waals surface area contributed by atoms with E-state index in [-0.39, 0.29) is 30.6 Å². The van der Waals surface area contributed by atoms with Crippen molar-refractivity contribution in [3.8, 4) is 0 Å². The highest BCUT2D eigenvalue weighted by atomic mass is 16.2. The van der Waals surface area contributed by atoms with E-state index in [0.29, 0.717) is 37.4 Å². The molecule has 2 heterocycles. The first kappa shape index (κ1) is 23.2. The average molecular weight is 460 g/mol. The minimum atomic E-state index is -0.298. The summed E-state index contributed by atoms with van der Waals surface area (Å²) < 4.78 is 1.72. The number of anilines is 1. The van der Waals surface area contributed by atoms with E-state index >= 15 is 0 Å². The summed E-state index contributed by atoms with van der Waals surface area (Å²) in [5, 5.41) is 10.1. The summed E-state index contributed by atoms with van der Waals surface area (Å²) in [4.78, 5) is 39.6. The minimum Gasteiger partial charge on any atom is -0.352 e. The van der Waals surface area contributed by atoms with Gasteiger partial charge in [0, 0.05) is 62.9 Å². The van der Waals surface area contributed by atoms with Crippen molar-refractivity contribution >= 4 is 23.4 Å². The van der Waals surface area contributed by atoms with Gasteiger partial charge in [-0.3, -0.25) is 19.1 Å². The first-order chi connectivity index (χ1) is 16.4. The number of para-hydroxylation sites is 1. The number of fused-ring (bicyclic) bond motifs is 1. The van der Waals surface area contributed by atoms with Crippen LogP contribution in [0.3, 0.4) is 0 Å². The molecular weight excluding hydrogens is 430 g/mol. The SMILES string of the molecule is Cc1ccc(CNC(=O)CCC(=O)N2CCc3c(c(C(=O)Nc4ccccc4)nn3C)C2)cc1. The molecule has 1 aromatic heterocycles. The largest absolute Gasteiger partial charge is 0.352 e. The summed E-state index contributed by atoms with van der Waals surface area (Å²) in [7, 11) is 1.81. The van der Waals surface area contributed by atoms with Gasteiger partial charge in [-0.25, -0.2) is 0 Å². The van der Waals surface area contributed by atoms with Gasteiger partial charge < -0.3 is 15.5 Å². The van der Waals surface area contributed by atoms with Crippen LogP contribution in [0.5, 0.6) is 0 Å². The zero-order valence-corrected chi connectivity index (χ0v) is 19.5. The van der Waals surface area contributed by atoms with Crippen molar-refractivity contribution < 1.29 is 14.4 Å². The van der Waals surface area contributed by atoms with E-state index in [1.165, 1.54) is 5.56 Å². The number of nitrogens with one attached hydrogen (secondary N) is 2. The highest BCUT2D eigenvalue weighted by molar-refractivity contribution is 6.04. The predicted molar refractivity (Wildman–Crippen MR) is 129 cm³/mol. The maximum atomic E-state index is 12.9. The van der Waals surface area contributed by atoms with Gasteiger partial charge in [0.25, 0.3) is 5.91 Å². The molecule has 0 fully saturated rings. The van der Waals surface area contributed by atoms with Gasteiger partial charge in [-0.2, -0.15) is 5.10 Å². The number of rotatable bonds is 7. The highest BCUT2D eigenvalue weighted by Crippen LogP contribution is 2.24. The Hall–Kier alpha value is -3.94. The third-order valence-corrected chi connectivity index (χ3v) is 6.02. The van der Waals surface area contributed by atoms with Crippen LogP contribution in [0.15, 0.2) is 54.6 Å². The van der Waals surface area contributed by atoms with Crippen LogP contribution in [0.25, 0.3) is 0 Å². The van der Waals surface area contributed by atoms with Crippen LogP contribution in [0.1, 0.15) is 45.7 Å². The molecule has 0 spiro atoms. The van der Waals surface area contributed by atoms with E-state index in [2.05, 4.69) is 15.7 Å². The molecule has 1 aliphatic rings. The second kappa shape index (κ2) is 10.3. The standard InChI is InChI=1S/C26H29N5O3/c1-18-8-10-19(11-9-18)16-27-23(32)12-13-24(33)31-15-14-22-21(17-31)25(29-30(22)2)26(34)28-20-6-4-3-5-7-20/h3-11H,12-17H2,1-2H3,(H,27,32)(H,28,34). The highest BCUT2D eigenvalue weighted by Gasteiger charge is 2.29. The normalized spacial score (nSPS) is 12.7. The maximum Gasteiger partial charge on any atom is 0.276 e. The molecule has 0 aliphatic carbocycles. The van der Waals surface area contributed by atoms with Crippen molar-refractivity contribution in [1.82, 2.24) is 20.0 Å². The molecule has 3 amide bonds. The first-order valence-corrected chi connectivity index (χ1v) is 11.4. The number of amides is 3. The molecule has 0 unspecified atom stereocenters. The minimum absolute atomic E-state index is 0.102. The van der Waals surface area contributed by atoms with Crippen molar-refractivity contribution in [1.29, 1.82) is 0 Å². The number of aromatic nitrogens is 2. The summed E-state index contributed by atoms with van der Waals surface area (Å²) >= 11 is 0. The Balaban J connectivity index is 1.33. The van der Waals surface area contributed by atoms with Crippen LogP contribution in [0.4, 0.5) is 5.69 Å². The summed E-state index contributed by atoms with van der Waals surface area (Å²) in [6, 6.07) is 17.2. The van der Waals surface area contributed by atoms with E-state index in [0.717, 1.165) is 16.8 Å². The average Bonchev–Trinajstić information content (AvgIpc) is 3.18. The van der Waals surface area contributed by atoms with Crippen LogP contribution in [0, 0.1) is 6.92 Å². The van der Waals surface area contributed by atoms with Gasteiger partial charge in [0.2, 0.25) is 11.8 Å². The molecule has 8 heteroatoms. The second-order valence-electron chi connectivity index (χ2n) is 8.55. The van der Waals surface area contributed by atoms with Gasteiger partial charge in [0.15, 0.2) is 5.69 Å². The van der Waals surface area contributed by atoms with E-state index in [1.807, 2.05) is 68.6 Å². The Morgan fingerprint density at radius 2 is 1.74 bits per heavy atom. The van der Waals surface area contributed by atoms with E-state index in [4.69, 9.17) is 0 Å². The van der Waals surface area contributed by atoms with Crippen molar-refractivity contribution in [2.45, 2.75) is 39.3 Å². The van der Waals surface area contributed by atoms with E-state index in [1.54, 1.807) is 9.58 Å². The smallest absolute Gasteiger partial charge is 0.276 e. The third-order valence-electron chi connectivity index (χ3n) is 6.02. The molecule has 0 radical (unpaired) electrons. The predicted octanol–water partition coefficient (Wildman–Crippen LogP) is 2.96. The molecule has 2 N–H and O–H groups in total. The number of benzene rings is 2. The molecule has 0 saturated heterocycles. The van der Waals surface area contributed by atoms with E-state index < -0.39 is 0 Å². The number of hydrogen-bond donors (Lipinski definition) is 2. The van der Waals surface area contributed by atoms with Crippen molar-refractivity contribution in [3.63, 3.8) is 0 Å². The van der Waals surface area contributed by atoms with Crippen LogP contribution >= 0.6 is 0 Å². The lowest BCUT2D eigenvalue weighted by molar-refractivity contribution is -0.134. The Morgan fingerprint density at radius 3 is 2.47 bits per heavy atom.